The highest BCUT2D eigenvalue weighted by Gasteiger charge is 2.31. The Morgan fingerprint density at radius 1 is 0.886 bits per heavy atom. The van der Waals surface area contributed by atoms with Crippen LogP contribution < -0.4 is 4.90 Å². The smallest absolute Gasteiger partial charge is 0.260 e. The third-order valence-corrected chi connectivity index (χ3v) is 9.44. The lowest BCUT2D eigenvalue weighted by atomic mass is 10.0. The molecule has 1 amide bonds. The molecule has 9 heteroatoms. The van der Waals surface area contributed by atoms with Crippen LogP contribution in [0.4, 0.5) is 5.69 Å². The van der Waals surface area contributed by atoms with Crippen molar-refractivity contribution in [3.8, 4) is 0 Å². The monoisotopic (exact) mass is 493 g/mol. The van der Waals surface area contributed by atoms with E-state index in [-0.39, 0.29) is 5.91 Å². The average Bonchev–Trinajstić information content (AvgIpc) is 3.46. The molecule has 0 bridgehead atoms. The molecule has 0 aliphatic carbocycles. The van der Waals surface area contributed by atoms with Crippen molar-refractivity contribution < 1.29 is 13.2 Å². The van der Waals surface area contributed by atoms with E-state index in [1.165, 1.54) is 6.42 Å². The van der Waals surface area contributed by atoms with Crippen molar-refractivity contribution in [3.63, 3.8) is 0 Å². The van der Waals surface area contributed by atoms with Crippen LogP contribution in [0.15, 0.2) is 29.2 Å². The van der Waals surface area contributed by atoms with Gasteiger partial charge in [-0.3, -0.25) is 4.79 Å². The van der Waals surface area contributed by atoms with E-state index in [1.54, 1.807) is 21.3 Å². The van der Waals surface area contributed by atoms with Gasteiger partial charge in [-0.1, -0.05) is 6.42 Å². The largest absolute Gasteiger partial charge is 0.313 e. The van der Waals surface area contributed by atoms with E-state index in [0.29, 0.717) is 35.6 Å². The minimum atomic E-state index is -3.49. The Balaban J connectivity index is 1.38. The summed E-state index contributed by atoms with van der Waals surface area (Å²) in [6, 6.07) is 7.08. The van der Waals surface area contributed by atoms with Crippen LogP contribution in [0.1, 0.15) is 66.0 Å². The number of aromatic nitrogens is 3. The fourth-order valence-electron chi connectivity index (χ4n) is 5.75. The maximum absolute atomic E-state index is 13.9. The average molecular weight is 494 g/mol. The topological polar surface area (TPSA) is 88.4 Å². The predicted octanol–water partition coefficient (Wildman–Crippen LogP) is 3.84. The van der Waals surface area contributed by atoms with Crippen LogP contribution in [0.25, 0.3) is 11.2 Å². The number of rotatable bonds is 3. The fourth-order valence-corrected chi connectivity index (χ4v) is 7.31. The first-order valence-electron chi connectivity index (χ1n) is 12.8. The number of sulfonamides is 1. The van der Waals surface area contributed by atoms with Crippen LogP contribution >= 0.6 is 0 Å². The Hall–Kier alpha value is -2.78. The third kappa shape index (κ3) is 3.85. The molecule has 184 valence electrons. The van der Waals surface area contributed by atoms with E-state index >= 15 is 0 Å². The van der Waals surface area contributed by atoms with Crippen molar-refractivity contribution in [2.75, 3.05) is 24.5 Å². The maximum Gasteiger partial charge on any atom is 0.260 e. The van der Waals surface area contributed by atoms with Gasteiger partial charge in [0.2, 0.25) is 10.0 Å². The number of pyridine rings is 1. The van der Waals surface area contributed by atoms with Gasteiger partial charge in [0.15, 0.2) is 5.65 Å². The third-order valence-electron chi connectivity index (χ3n) is 7.54. The molecular formula is C26H31N5O3S. The molecule has 2 aromatic heterocycles. The SMILES string of the molecule is Cc1cc(C(=O)N2CCCc3cc(S(=O)(=O)N4CCCC4)ccc32)c2nc3n(c2n1)CCCCC3. The molecular weight excluding hydrogens is 462 g/mol. The van der Waals surface area contributed by atoms with Crippen molar-refractivity contribution in [2.45, 2.75) is 69.7 Å². The second-order valence-electron chi connectivity index (χ2n) is 9.94. The summed E-state index contributed by atoms with van der Waals surface area (Å²) in [5.41, 5.74) is 4.57. The summed E-state index contributed by atoms with van der Waals surface area (Å²) in [6.45, 7) is 4.57. The van der Waals surface area contributed by atoms with Gasteiger partial charge in [-0.2, -0.15) is 4.31 Å². The quantitative estimate of drug-likeness (QED) is 0.553. The summed E-state index contributed by atoms with van der Waals surface area (Å²) < 4.78 is 29.9. The number of amides is 1. The molecule has 5 heterocycles. The number of nitrogens with zero attached hydrogens (tertiary/aromatic N) is 5. The molecule has 0 radical (unpaired) electrons. The lowest BCUT2D eigenvalue weighted by Crippen LogP contribution is -2.36. The van der Waals surface area contributed by atoms with Gasteiger partial charge in [-0.05, 0) is 75.3 Å². The number of imidazole rings is 1. The Kier molecular flexibility index (Phi) is 5.64. The van der Waals surface area contributed by atoms with E-state index < -0.39 is 10.0 Å². The molecule has 3 aliphatic heterocycles. The molecule has 1 aromatic carbocycles. The molecule has 8 nitrogen and oxygen atoms in total. The van der Waals surface area contributed by atoms with Crippen LogP contribution in [0.3, 0.4) is 0 Å². The van der Waals surface area contributed by atoms with E-state index in [9.17, 15) is 13.2 Å². The number of aryl methyl sites for hydroxylation is 4. The van der Waals surface area contributed by atoms with Crippen LogP contribution in [0, 0.1) is 6.92 Å². The van der Waals surface area contributed by atoms with Crippen LogP contribution in [-0.4, -0.2) is 52.8 Å². The highest BCUT2D eigenvalue weighted by atomic mass is 32.2. The summed E-state index contributed by atoms with van der Waals surface area (Å²) in [7, 11) is -3.49. The van der Waals surface area contributed by atoms with E-state index in [2.05, 4.69) is 4.57 Å². The van der Waals surface area contributed by atoms with Gasteiger partial charge in [0.25, 0.3) is 5.91 Å². The van der Waals surface area contributed by atoms with Gasteiger partial charge in [0.05, 0.1) is 10.5 Å². The first-order valence-corrected chi connectivity index (χ1v) is 14.2. The summed E-state index contributed by atoms with van der Waals surface area (Å²) >= 11 is 0. The Labute approximate surface area is 206 Å². The van der Waals surface area contributed by atoms with Crippen LogP contribution in [0.2, 0.25) is 0 Å². The highest BCUT2D eigenvalue weighted by molar-refractivity contribution is 7.89. The van der Waals surface area contributed by atoms with Crippen LogP contribution in [0.5, 0.6) is 0 Å². The van der Waals surface area contributed by atoms with E-state index in [0.717, 1.165) is 79.9 Å². The summed E-state index contributed by atoms with van der Waals surface area (Å²) in [5, 5.41) is 0. The van der Waals surface area contributed by atoms with Gasteiger partial charge in [0.1, 0.15) is 11.3 Å². The maximum atomic E-state index is 13.9. The molecule has 1 saturated heterocycles. The number of anilines is 1. The van der Waals surface area contributed by atoms with E-state index in [4.69, 9.17) is 9.97 Å². The summed E-state index contributed by atoms with van der Waals surface area (Å²) in [5.74, 6) is 0.922. The minimum absolute atomic E-state index is 0.0927. The van der Waals surface area contributed by atoms with Crippen molar-refractivity contribution in [3.05, 3.63) is 46.9 Å². The molecule has 0 unspecified atom stereocenters. The standard InChI is InChI=1S/C26H31N5O3S/c1-18-16-21(24-25(27-18)31-14-4-2-3-9-23(31)28-24)26(32)30-15-7-8-19-17-20(10-11-22(19)30)35(33,34)29-12-5-6-13-29/h10-11,16-17H,2-9,12-15H2,1H3. The predicted molar refractivity (Wildman–Crippen MR) is 134 cm³/mol. The number of hydrogen-bond acceptors (Lipinski definition) is 5. The Bertz CT molecular complexity index is 1420. The zero-order chi connectivity index (χ0) is 24.2. The molecule has 3 aromatic rings. The fraction of sp³-hybridized carbons (Fsp3) is 0.500. The van der Waals surface area contributed by atoms with Crippen molar-refractivity contribution in [2.24, 2.45) is 0 Å². The van der Waals surface area contributed by atoms with Crippen molar-refractivity contribution in [1.82, 2.24) is 18.8 Å². The van der Waals surface area contributed by atoms with Gasteiger partial charge < -0.3 is 9.47 Å². The number of benzene rings is 1. The molecule has 6 rings (SSSR count). The molecule has 3 aliphatic rings. The number of carbonyl (C=O) groups is 1. The molecule has 35 heavy (non-hydrogen) atoms. The lowest BCUT2D eigenvalue weighted by Gasteiger charge is -2.30. The normalized spacial score (nSPS) is 18.9. The zero-order valence-electron chi connectivity index (χ0n) is 20.2. The second-order valence-corrected chi connectivity index (χ2v) is 11.9. The molecule has 0 N–H and O–H groups in total. The Morgan fingerprint density at radius 3 is 2.51 bits per heavy atom. The zero-order valence-corrected chi connectivity index (χ0v) is 21.0. The molecule has 0 saturated carbocycles. The Morgan fingerprint density at radius 2 is 1.69 bits per heavy atom. The number of hydrogen-bond donors (Lipinski definition) is 0. The van der Waals surface area contributed by atoms with Crippen molar-refractivity contribution >= 4 is 32.8 Å². The van der Waals surface area contributed by atoms with Gasteiger partial charge >= 0.3 is 0 Å². The van der Waals surface area contributed by atoms with Crippen LogP contribution in [-0.2, 0) is 29.4 Å². The highest BCUT2D eigenvalue weighted by Crippen LogP contribution is 2.33. The first kappa shape index (κ1) is 22.7. The first-order chi connectivity index (χ1) is 16.9. The number of fused-ring (bicyclic) bond motifs is 4. The summed E-state index contributed by atoms with van der Waals surface area (Å²) in [4.78, 5) is 25.7. The van der Waals surface area contributed by atoms with Gasteiger partial charge in [0, 0.05) is 44.0 Å². The van der Waals surface area contributed by atoms with Gasteiger partial charge in [-0.15, -0.1) is 0 Å². The van der Waals surface area contributed by atoms with E-state index in [1.807, 2.05) is 19.1 Å². The molecule has 0 atom stereocenters. The molecule has 1 fully saturated rings. The number of carbonyl (C=O) groups excluding carboxylic acids is 1. The van der Waals surface area contributed by atoms with Crippen molar-refractivity contribution in [1.29, 1.82) is 0 Å². The minimum Gasteiger partial charge on any atom is -0.313 e. The summed E-state index contributed by atoms with van der Waals surface area (Å²) in [6.07, 6.45) is 7.65. The lowest BCUT2D eigenvalue weighted by molar-refractivity contribution is 0.0986. The van der Waals surface area contributed by atoms with Gasteiger partial charge in [-0.25, -0.2) is 18.4 Å². The second kappa shape index (κ2) is 8.71. The molecule has 0 spiro atoms.